The molecule has 1 aliphatic rings. The summed E-state index contributed by atoms with van der Waals surface area (Å²) in [5.41, 5.74) is 0.771. The highest BCUT2D eigenvalue weighted by Gasteiger charge is 2.45. The molecule has 0 aliphatic heterocycles. The monoisotopic (exact) mass is 277 g/mol. The first-order chi connectivity index (χ1) is 9.57. The lowest BCUT2D eigenvalue weighted by Crippen LogP contribution is -2.42. The molecule has 1 aliphatic carbocycles. The quantitative estimate of drug-likeness (QED) is 0.641. The van der Waals surface area contributed by atoms with Crippen molar-refractivity contribution in [3.8, 4) is 0 Å². The molecular weight excluding hydrogens is 253 g/mol. The summed E-state index contributed by atoms with van der Waals surface area (Å²) in [7, 11) is 1.76. The minimum atomic E-state index is -0.100. The van der Waals surface area contributed by atoms with Gasteiger partial charge in [0.05, 0.1) is 0 Å². The number of aliphatic imine (C=N–C) groups is 1. The van der Waals surface area contributed by atoms with Crippen molar-refractivity contribution in [3.63, 3.8) is 0 Å². The summed E-state index contributed by atoms with van der Waals surface area (Å²) in [6.07, 6.45) is 2.06. The molecule has 0 heterocycles. The molecule has 2 rings (SSSR count). The zero-order chi connectivity index (χ0) is 14.6. The highest BCUT2D eigenvalue weighted by atomic mass is 19.1. The van der Waals surface area contributed by atoms with Crippen molar-refractivity contribution >= 4 is 5.96 Å². The lowest BCUT2D eigenvalue weighted by Gasteiger charge is -2.20. The zero-order valence-corrected chi connectivity index (χ0v) is 12.5. The average molecular weight is 277 g/mol. The zero-order valence-electron chi connectivity index (χ0n) is 12.5. The van der Waals surface area contributed by atoms with Crippen molar-refractivity contribution in [1.29, 1.82) is 0 Å². The summed E-state index contributed by atoms with van der Waals surface area (Å²) in [5, 5.41) is 6.61. The van der Waals surface area contributed by atoms with E-state index in [1.165, 1.54) is 0 Å². The molecule has 0 bridgehead atoms. The van der Waals surface area contributed by atoms with E-state index in [2.05, 4.69) is 29.5 Å². The Kier molecular flexibility index (Phi) is 4.63. The van der Waals surface area contributed by atoms with Crippen LogP contribution < -0.4 is 10.6 Å². The third kappa shape index (κ3) is 3.50. The fourth-order valence-electron chi connectivity index (χ4n) is 2.36. The molecule has 3 nitrogen and oxygen atoms in total. The van der Waals surface area contributed by atoms with Gasteiger partial charge in [-0.25, -0.2) is 4.39 Å². The van der Waals surface area contributed by atoms with Gasteiger partial charge in [0.1, 0.15) is 5.82 Å². The van der Waals surface area contributed by atoms with Crippen LogP contribution in [0, 0.1) is 11.7 Å². The largest absolute Gasteiger partial charge is 0.356 e. The summed E-state index contributed by atoms with van der Waals surface area (Å²) in [6, 6.07) is 7.09. The summed E-state index contributed by atoms with van der Waals surface area (Å²) in [6.45, 7) is 5.92. The maximum Gasteiger partial charge on any atom is 0.191 e. The lowest BCUT2D eigenvalue weighted by molar-refractivity contribution is 0.556. The Morgan fingerprint density at radius 3 is 2.55 bits per heavy atom. The third-order valence-corrected chi connectivity index (χ3v) is 3.79. The Bertz CT molecular complexity index is 478. The maximum absolute atomic E-state index is 13.9. The van der Waals surface area contributed by atoms with E-state index in [-0.39, 0.29) is 11.2 Å². The number of benzene rings is 1. The first-order valence-electron chi connectivity index (χ1n) is 7.27. The summed E-state index contributed by atoms with van der Waals surface area (Å²) >= 11 is 0. The molecule has 1 aromatic rings. The Balaban J connectivity index is 1.95. The van der Waals surface area contributed by atoms with Gasteiger partial charge < -0.3 is 10.6 Å². The maximum atomic E-state index is 13.9. The van der Waals surface area contributed by atoms with Gasteiger partial charge in [0.2, 0.25) is 0 Å². The van der Waals surface area contributed by atoms with Crippen molar-refractivity contribution in [3.05, 3.63) is 35.6 Å². The summed E-state index contributed by atoms with van der Waals surface area (Å²) < 4.78 is 13.9. The number of halogens is 1. The minimum absolute atomic E-state index is 0.0548. The predicted octanol–water partition coefficient (Wildman–Crippen LogP) is 2.68. The van der Waals surface area contributed by atoms with Gasteiger partial charge in [-0.05, 0) is 30.4 Å². The van der Waals surface area contributed by atoms with Gasteiger partial charge in [-0.1, -0.05) is 32.0 Å². The van der Waals surface area contributed by atoms with Crippen molar-refractivity contribution in [2.24, 2.45) is 10.9 Å². The number of nitrogens with one attached hydrogen (secondary N) is 2. The van der Waals surface area contributed by atoms with Crippen molar-refractivity contribution in [1.82, 2.24) is 10.6 Å². The standard InChI is InChI=1S/C16H24FN3/c1-12(2)10-19-15(18-3)20-11-16(8-9-16)13-6-4-5-7-14(13)17/h4-7,12H,8-11H2,1-3H3,(H2,18,19,20). The average Bonchev–Trinajstić information content (AvgIpc) is 3.20. The van der Waals surface area contributed by atoms with E-state index in [1.807, 2.05) is 12.1 Å². The second kappa shape index (κ2) is 6.25. The van der Waals surface area contributed by atoms with Crippen LogP contribution in [0.15, 0.2) is 29.3 Å². The minimum Gasteiger partial charge on any atom is -0.356 e. The fraction of sp³-hybridized carbons (Fsp3) is 0.562. The van der Waals surface area contributed by atoms with Gasteiger partial charge in [0.25, 0.3) is 0 Å². The molecule has 2 N–H and O–H groups in total. The van der Waals surface area contributed by atoms with Gasteiger partial charge in [-0.15, -0.1) is 0 Å². The summed E-state index contributed by atoms with van der Waals surface area (Å²) in [4.78, 5) is 4.21. The molecule has 0 unspecified atom stereocenters. The van der Waals surface area contributed by atoms with Crippen LogP contribution in [0.3, 0.4) is 0 Å². The molecule has 20 heavy (non-hydrogen) atoms. The lowest BCUT2D eigenvalue weighted by atomic mass is 9.95. The summed E-state index contributed by atoms with van der Waals surface area (Å²) in [5.74, 6) is 1.26. The van der Waals surface area contributed by atoms with E-state index in [0.29, 0.717) is 5.92 Å². The molecule has 0 spiro atoms. The second-order valence-corrected chi connectivity index (χ2v) is 5.96. The predicted molar refractivity (Wildman–Crippen MR) is 81.5 cm³/mol. The molecule has 1 saturated carbocycles. The SMILES string of the molecule is CN=C(NCC(C)C)NCC1(c2ccccc2F)CC1. The number of hydrogen-bond acceptors (Lipinski definition) is 1. The van der Waals surface area contributed by atoms with Gasteiger partial charge >= 0.3 is 0 Å². The van der Waals surface area contributed by atoms with Crippen LogP contribution in [0.2, 0.25) is 0 Å². The molecule has 4 heteroatoms. The van der Waals surface area contributed by atoms with Crippen LogP contribution in [0.5, 0.6) is 0 Å². The van der Waals surface area contributed by atoms with Crippen LogP contribution >= 0.6 is 0 Å². The number of rotatable bonds is 5. The first kappa shape index (κ1) is 14.8. The molecule has 0 saturated heterocycles. The second-order valence-electron chi connectivity index (χ2n) is 5.96. The van der Waals surface area contributed by atoms with E-state index in [0.717, 1.165) is 37.5 Å². The highest BCUT2D eigenvalue weighted by Crippen LogP contribution is 2.48. The normalized spacial score (nSPS) is 17.1. The van der Waals surface area contributed by atoms with E-state index < -0.39 is 0 Å². The van der Waals surface area contributed by atoms with Crippen LogP contribution in [0.1, 0.15) is 32.3 Å². The van der Waals surface area contributed by atoms with E-state index in [1.54, 1.807) is 19.2 Å². The Morgan fingerprint density at radius 1 is 1.30 bits per heavy atom. The molecule has 0 aromatic heterocycles. The molecule has 110 valence electrons. The van der Waals surface area contributed by atoms with Crippen LogP contribution in [-0.4, -0.2) is 26.1 Å². The van der Waals surface area contributed by atoms with Crippen molar-refractivity contribution in [2.75, 3.05) is 20.1 Å². The first-order valence-corrected chi connectivity index (χ1v) is 7.27. The van der Waals surface area contributed by atoms with Gasteiger partial charge in [0.15, 0.2) is 5.96 Å². The third-order valence-electron chi connectivity index (χ3n) is 3.79. The molecule has 0 amide bonds. The molecular formula is C16H24FN3. The van der Waals surface area contributed by atoms with Crippen LogP contribution in [0.25, 0.3) is 0 Å². The smallest absolute Gasteiger partial charge is 0.191 e. The highest BCUT2D eigenvalue weighted by molar-refractivity contribution is 5.79. The van der Waals surface area contributed by atoms with E-state index >= 15 is 0 Å². The molecule has 1 fully saturated rings. The van der Waals surface area contributed by atoms with Gasteiger partial charge in [0, 0.05) is 25.6 Å². The van der Waals surface area contributed by atoms with Crippen molar-refractivity contribution < 1.29 is 4.39 Å². The van der Waals surface area contributed by atoms with Crippen molar-refractivity contribution in [2.45, 2.75) is 32.1 Å². The molecule has 1 aromatic carbocycles. The van der Waals surface area contributed by atoms with Crippen LogP contribution in [0.4, 0.5) is 4.39 Å². The Morgan fingerprint density at radius 2 is 2.00 bits per heavy atom. The number of hydrogen-bond donors (Lipinski definition) is 2. The topological polar surface area (TPSA) is 36.4 Å². The Hall–Kier alpha value is -1.58. The number of nitrogens with zero attached hydrogens (tertiary/aromatic N) is 1. The Labute approximate surface area is 120 Å². The number of guanidine groups is 1. The van der Waals surface area contributed by atoms with E-state index in [9.17, 15) is 4.39 Å². The van der Waals surface area contributed by atoms with Crippen LogP contribution in [-0.2, 0) is 5.41 Å². The fourth-order valence-corrected chi connectivity index (χ4v) is 2.36. The van der Waals surface area contributed by atoms with Gasteiger partial charge in [-0.3, -0.25) is 4.99 Å². The van der Waals surface area contributed by atoms with E-state index in [4.69, 9.17) is 0 Å². The van der Waals surface area contributed by atoms with Gasteiger partial charge in [-0.2, -0.15) is 0 Å². The molecule has 0 radical (unpaired) electrons. The molecule has 0 atom stereocenters.